The van der Waals surface area contributed by atoms with Gasteiger partial charge in [-0.3, -0.25) is 4.98 Å². The van der Waals surface area contributed by atoms with Crippen LogP contribution >= 0.6 is 11.8 Å². The van der Waals surface area contributed by atoms with E-state index >= 15 is 0 Å². The molecule has 0 aromatic carbocycles. The predicted octanol–water partition coefficient (Wildman–Crippen LogP) is 1.80. The van der Waals surface area contributed by atoms with E-state index in [1.807, 2.05) is 23.9 Å². The Morgan fingerprint density at radius 2 is 2.42 bits per heavy atom. The summed E-state index contributed by atoms with van der Waals surface area (Å²) in [6.07, 6.45) is 2.76. The zero-order chi connectivity index (χ0) is 14.1. The van der Waals surface area contributed by atoms with E-state index in [-0.39, 0.29) is 5.84 Å². The summed E-state index contributed by atoms with van der Waals surface area (Å²) in [7, 11) is 0. The number of thioether (sulfide) groups is 1. The molecule has 106 valence electrons. The van der Waals surface area contributed by atoms with Crippen molar-refractivity contribution < 1.29 is 5.21 Å². The van der Waals surface area contributed by atoms with E-state index in [1.54, 1.807) is 6.20 Å². The Kier molecular flexibility index (Phi) is 7.28. The highest BCUT2D eigenvalue weighted by Crippen LogP contribution is 2.07. The minimum atomic E-state index is 0.0478. The number of amidine groups is 1. The van der Waals surface area contributed by atoms with Crippen molar-refractivity contribution in [2.45, 2.75) is 32.9 Å². The standard InChI is InChI=1S/C13H22N4OS/c1-3-19-8-6-10(2)16-9-11-5-4-7-15-12(11)13(14)17-18/h4-5,7,10,16,18H,3,6,8-9H2,1-2H3,(H2,14,17). The van der Waals surface area contributed by atoms with Crippen LogP contribution in [-0.4, -0.2) is 33.6 Å². The summed E-state index contributed by atoms with van der Waals surface area (Å²) in [6, 6.07) is 4.21. The molecule has 1 aromatic rings. The number of nitrogens with one attached hydrogen (secondary N) is 1. The number of oxime groups is 1. The minimum Gasteiger partial charge on any atom is -0.409 e. The molecular weight excluding hydrogens is 260 g/mol. The molecule has 0 fully saturated rings. The number of nitrogens with two attached hydrogens (primary N) is 1. The van der Waals surface area contributed by atoms with Gasteiger partial charge >= 0.3 is 0 Å². The summed E-state index contributed by atoms with van der Waals surface area (Å²) in [4.78, 5) is 4.14. The number of aromatic nitrogens is 1. The third kappa shape index (κ3) is 5.48. The molecule has 1 rings (SSSR count). The summed E-state index contributed by atoms with van der Waals surface area (Å²) in [6.45, 7) is 4.99. The number of hydrogen-bond acceptors (Lipinski definition) is 5. The van der Waals surface area contributed by atoms with Crippen LogP contribution in [0, 0.1) is 0 Å². The molecular formula is C13H22N4OS. The quantitative estimate of drug-likeness (QED) is 0.223. The number of rotatable bonds is 8. The van der Waals surface area contributed by atoms with Gasteiger partial charge in [0.25, 0.3) is 0 Å². The molecule has 0 saturated carbocycles. The molecule has 1 atom stereocenters. The predicted molar refractivity (Wildman–Crippen MR) is 80.7 cm³/mol. The van der Waals surface area contributed by atoms with Crippen LogP contribution in [-0.2, 0) is 6.54 Å². The van der Waals surface area contributed by atoms with Crippen LogP contribution in [0.2, 0.25) is 0 Å². The summed E-state index contributed by atoms with van der Waals surface area (Å²) >= 11 is 1.95. The lowest BCUT2D eigenvalue weighted by Crippen LogP contribution is -2.28. The first-order chi connectivity index (χ1) is 9.19. The summed E-state index contributed by atoms with van der Waals surface area (Å²) < 4.78 is 0. The lowest BCUT2D eigenvalue weighted by molar-refractivity contribution is 0.318. The van der Waals surface area contributed by atoms with Crippen molar-refractivity contribution >= 4 is 17.6 Å². The molecule has 1 aromatic heterocycles. The molecule has 6 heteroatoms. The van der Waals surface area contributed by atoms with Crippen LogP contribution in [0.25, 0.3) is 0 Å². The maximum atomic E-state index is 8.73. The van der Waals surface area contributed by atoms with Gasteiger partial charge in [-0.15, -0.1) is 0 Å². The lowest BCUT2D eigenvalue weighted by atomic mass is 10.1. The Bertz CT molecular complexity index is 411. The maximum Gasteiger partial charge on any atom is 0.189 e. The molecule has 0 aliphatic carbocycles. The zero-order valence-electron chi connectivity index (χ0n) is 11.5. The molecule has 4 N–H and O–H groups in total. The maximum absolute atomic E-state index is 8.73. The molecule has 0 spiro atoms. The van der Waals surface area contributed by atoms with Crippen molar-refractivity contribution in [2.75, 3.05) is 11.5 Å². The van der Waals surface area contributed by atoms with Crippen LogP contribution in [0.3, 0.4) is 0 Å². The van der Waals surface area contributed by atoms with Gasteiger partial charge in [0.15, 0.2) is 5.84 Å². The van der Waals surface area contributed by atoms with Crippen molar-refractivity contribution in [1.29, 1.82) is 0 Å². The number of nitrogens with zero attached hydrogens (tertiary/aromatic N) is 2. The molecule has 1 heterocycles. The largest absolute Gasteiger partial charge is 0.409 e. The normalized spacial score (nSPS) is 13.5. The van der Waals surface area contributed by atoms with Crippen molar-refractivity contribution in [3.8, 4) is 0 Å². The van der Waals surface area contributed by atoms with Gasteiger partial charge in [-0.25, -0.2) is 0 Å². The summed E-state index contributed by atoms with van der Waals surface area (Å²) in [5.41, 5.74) is 7.08. The van der Waals surface area contributed by atoms with Crippen LogP contribution in [0.1, 0.15) is 31.5 Å². The van der Waals surface area contributed by atoms with E-state index < -0.39 is 0 Å². The van der Waals surface area contributed by atoms with Crippen LogP contribution in [0.5, 0.6) is 0 Å². The van der Waals surface area contributed by atoms with Gasteiger partial charge in [-0.2, -0.15) is 11.8 Å². The van der Waals surface area contributed by atoms with Crippen LogP contribution in [0.15, 0.2) is 23.5 Å². The van der Waals surface area contributed by atoms with E-state index in [0.717, 1.165) is 23.5 Å². The van der Waals surface area contributed by atoms with Gasteiger partial charge in [0, 0.05) is 18.8 Å². The molecule has 0 bridgehead atoms. The minimum absolute atomic E-state index is 0.0478. The number of hydrogen-bond donors (Lipinski definition) is 3. The fourth-order valence-electron chi connectivity index (χ4n) is 1.65. The highest BCUT2D eigenvalue weighted by Gasteiger charge is 2.09. The van der Waals surface area contributed by atoms with Gasteiger partial charge < -0.3 is 16.3 Å². The van der Waals surface area contributed by atoms with Crippen molar-refractivity contribution in [3.05, 3.63) is 29.6 Å². The second-order valence-electron chi connectivity index (χ2n) is 4.26. The fraction of sp³-hybridized carbons (Fsp3) is 0.538. The Morgan fingerprint density at radius 1 is 1.63 bits per heavy atom. The first kappa shape index (κ1) is 15.8. The van der Waals surface area contributed by atoms with Gasteiger partial charge in [-0.05, 0) is 36.5 Å². The zero-order valence-corrected chi connectivity index (χ0v) is 12.3. The van der Waals surface area contributed by atoms with Gasteiger partial charge in [0.05, 0.1) is 0 Å². The third-order valence-electron chi connectivity index (χ3n) is 2.78. The smallest absolute Gasteiger partial charge is 0.189 e. The molecule has 1 unspecified atom stereocenters. The Hall–Kier alpha value is -1.27. The number of pyridine rings is 1. The topological polar surface area (TPSA) is 83.5 Å². The average Bonchev–Trinajstić information content (AvgIpc) is 2.45. The van der Waals surface area contributed by atoms with Gasteiger partial charge in [0.2, 0.25) is 0 Å². The van der Waals surface area contributed by atoms with E-state index in [1.165, 1.54) is 0 Å². The van der Waals surface area contributed by atoms with Crippen LogP contribution < -0.4 is 11.1 Å². The molecule has 5 nitrogen and oxygen atoms in total. The molecule has 0 aliphatic rings. The second kappa shape index (κ2) is 8.77. The van der Waals surface area contributed by atoms with Crippen molar-refractivity contribution in [2.24, 2.45) is 10.9 Å². The highest BCUT2D eigenvalue weighted by atomic mass is 32.2. The first-order valence-corrected chi connectivity index (χ1v) is 7.57. The highest BCUT2D eigenvalue weighted by molar-refractivity contribution is 7.99. The Labute approximate surface area is 118 Å². The molecule has 0 amide bonds. The average molecular weight is 282 g/mol. The van der Waals surface area contributed by atoms with E-state index in [4.69, 9.17) is 10.9 Å². The molecule has 0 saturated heterocycles. The van der Waals surface area contributed by atoms with Crippen molar-refractivity contribution in [3.63, 3.8) is 0 Å². The first-order valence-electron chi connectivity index (χ1n) is 6.42. The second-order valence-corrected chi connectivity index (χ2v) is 5.66. The Balaban J connectivity index is 2.53. The van der Waals surface area contributed by atoms with E-state index in [9.17, 15) is 0 Å². The van der Waals surface area contributed by atoms with E-state index in [2.05, 4.69) is 29.3 Å². The fourth-order valence-corrected chi connectivity index (χ4v) is 2.46. The Morgan fingerprint density at radius 3 is 3.11 bits per heavy atom. The lowest BCUT2D eigenvalue weighted by Gasteiger charge is -2.14. The van der Waals surface area contributed by atoms with Gasteiger partial charge in [-0.1, -0.05) is 18.1 Å². The summed E-state index contributed by atoms with van der Waals surface area (Å²) in [5.74, 6) is 2.36. The third-order valence-corrected chi connectivity index (χ3v) is 3.71. The van der Waals surface area contributed by atoms with E-state index in [0.29, 0.717) is 18.3 Å². The molecule has 19 heavy (non-hydrogen) atoms. The molecule has 0 radical (unpaired) electrons. The van der Waals surface area contributed by atoms with Crippen molar-refractivity contribution in [1.82, 2.24) is 10.3 Å². The molecule has 0 aliphatic heterocycles. The van der Waals surface area contributed by atoms with Gasteiger partial charge in [0.1, 0.15) is 5.69 Å². The summed E-state index contributed by atoms with van der Waals surface area (Å²) in [5, 5.41) is 15.2. The van der Waals surface area contributed by atoms with Crippen LogP contribution in [0.4, 0.5) is 0 Å². The SMILES string of the molecule is CCSCCC(C)NCc1cccnc1/C(N)=N/O. The monoisotopic (exact) mass is 282 g/mol.